The zero-order chi connectivity index (χ0) is 20.3. The Bertz CT molecular complexity index is 883. The first-order chi connectivity index (χ1) is 13.3. The number of hydrogen-bond donors (Lipinski definition) is 0. The van der Waals surface area contributed by atoms with E-state index in [1.807, 2.05) is 6.07 Å². The highest BCUT2D eigenvalue weighted by molar-refractivity contribution is 7.91. The van der Waals surface area contributed by atoms with Crippen LogP contribution in [0.4, 0.5) is 0 Å². The molecule has 1 aromatic rings. The lowest BCUT2D eigenvalue weighted by molar-refractivity contribution is -0.145. The van der Waals surface area contributed by atoms with Crippen molar-refractivity contribution in [2.45, 2.75) is 19.4 Å². The highest BCUT2D eigenvalue weighted by Gasteiger charge is 2.37. The first-order valence-electron chi connectivity index (χ1n) is 9.24. The monoisotopic (exact) mass is 405 g/mol. The Labute approximate surface area is 164 Å². The number of sulfone groups is 1. The van der Waals surface area contributed by atoms with Crippen molar-refractivity contribution in [1.82, 2.24) is 9.80 Å². The van der Waals surface area contributed by atoms with Crippen LogP contribution < -0.4 is 4.74 Å². The van der Waals surface area contributed by atoms with Gasteiger partial charge in [0.15, 0.2) is 15.9 Å². The number of rotatable bonds is 4. The van der Waals surface area contributed by atoms with Gasteiger partial charge in [-0.1, -0.05) is 0 Å². The molecular weight excluding hydrogens is 382 g/mol. The number of benzene rings is 1. The summed E-state index contributed by atoms with van der Waals surface area (Å²) in [5, 5.41) is 8.81. The summed E-state index contributed by atoms with van der Waals surface area (Å²) in [5.41, 5.74) is 0.516. The molecule has 9 heteroatoms. The molecule has 0 saturated carbocycles. The summed E-state index contributed by atoms with van der Waals surface area (Å²) in [6, 6.07) is 8.57. The van der Waals surface area contributed by atoms with Crippen molar-refractivity contribution < 1.29 is 22.7 Å². The Hall–Kier alpha value is -2.60. The van der Waals surface area contributed by atoms with Gasteiger partial charge < -0.3 is 14.5 Å². The van der Waals surface area contributed by atoms with Gasteiger partial charge in [-0.2, -0.15) is 5.26 Å². The molecule has 2 heterocycles. The molecule has 8 nitrogen and oxygen atoms in total. The molecule has 0 N–H and O–H groups in total. The van der Waals surface area contributed by atoms with Gasteiger partial charge in [-0.15, -0.1) is 0 Å². The van der Waals surface area contributed by atoms with E-state index in [1.165, 1.54) is 0 Å². The van der Waals surface area contributed by atoms with Crippen LogP contribution in [-0.2, 0) is 19.4 Å². The maximum atomic E-state index is 12.6. The van der Waals surface area contributed by atoms with E-state index in [0.29, 0.717) is 43.9 Å². The molecule has 1 aromatic carbocycles. The molecule has 28 heavy (non-hydrogen) atoms. The van der Waals surface area contributed by atoms with Crippen LogP contribution >= 0.6 is 0 Å². The van der Waals surface area contributed by atoms with Crippen molar-refractivity contribution in [2.24, 2.45) is 5.92 Å². The van der Waals surface area contributed by atoms with Gasteiger partial charge in [0.05, 0.1) is 29.1 Å². The normalized spacial score (nSPS) is 22.4. The first-order valence-corrected chi connectivity index (χ1v) is 11.1. The molecule has 2 amide bonds. The minimum absolute atomic E-state index is 0.0690. The SMILES string of the molecule is C[C@H](Oc1ccc(C#N)cc1)C(=O)N1CCN(C(=O)[C@H]2CCS(=O)(=O)C2)CC1. The topological polar surface area (TPSA) is 108 Å². The average molecular weight is 405 g/mol. The van der Waals surface area contributed by atoms with Crippen LogP contribution in [0, 0.1) is 17.2 Å². The van der Waals surface area contributed by atoms with Crippen molar-refractivity contribution in [2.75, 3.05) is 37.7 Å². The van der Waals surface area contributed by atoms with Crippen molar-refractivity contribution in [3.63, 3.8) is 0 Å². The molecule has 2 aliphatic rings. The smallest absolute Gasteiger partial charge is 0.263 e. The average Bonchev–Trinajstić information content (AvgIpc) is 3.07. The highest BCUT2D eigenvalue weighted by Crippen LogP contribution is 2.22. The molecule has 0 bridgehead atoms. The van der Waals surface area contributed by atoms with Gasteiger partial charge in [0.25, 0.3) is 5.91 Å². The van der Waals surface area contributed by atoms with Gasteiger partial charge in [-0.05, 0) is 37.6 Å². The predicted molar refractivity (Wildman–Crippen MR) is 101 cm³/mol. The molecule has 0 spiro atoms. The van der Waals surface area contributed by atoms with Crippen LogP contribution in [0.1, 0.15) is 18.9 Å². The number of carbonyl (C=O) groups is 2. The van der Waals surface area contributed by atoms with Crippen molar-refractivity contribution in [3.05, 3.63) is 29.8 Å². The molecule has 2 atom stereocenters. The third kappa shape index (κ3) is 4.62. The zero-order valence-electron chi connectivity index (χ0n) is 15.7. The zero-order valence-corrected chi connectivity index (χ0v) is 16.5. The van der Waals surface area contributed by atoms with Gasteiger partial charge in [-0.3, -0.25) is 9.59 Å². The quantitative estimate of drug-likeness (QED) is 0.719. The standard InChI is InChI=1S/C19H23N3O5S/c1-14(27-17-4-2-15(12-20)3-5-17)18(23)21-7-9-22(10-8-21)19(24)16-6-11-28(25,26)13-16/h2-5,14,16H,6-11,13H2,1H3/t14-,16-/m0/s1. The number of piperazine rings is 1. The summed E-state index contributed by atoms with van der Waals surface area (Å²) >= 11 is 0. The maximum Gasteiger partial charge on any atom is 0.263 e. The van der Waals surface area contributed by atoms with Gasteiger partial charge in [0, 0.05) is 26.2 Å². The third-order valence-corrected chi connectivity index (χ3v) is 6.90. The van der Waals surface area contributed by atoms with Crippen LogP contribution in [0.2, 0.25) is 0 Å². The molecular formula is C19H23N3O5S. The molecule has 0 radical (unpaired) electrons. The summed E-state index contributed by atoms with van der Waals surface area (Å²) in [4.78, 5) is 28.4. The van der Waals surface area contributed by atoms with Crippen molar-refractivity contribution in [3.8, 4) is 11.8 Å². The highest BCUT2D eigenvalue weighted by atomic mass is 32.2. The second-order valence-electron chi connectivity index (χ2n) is 7.15. The molecule has 2 saturated heterocycles. The Morgan fingerprint density at radius 2 is 1.75 bits per heavy atom. The van der Waals surface area contributed by atoms with Gasteiger partial charge in [0.2, 0.25) is 5.91 Å². The summed E-state index contributed by atoms with van der Waals surface area (Å²) in [6.07, 6.45) is -0.300. The van der Waals surface area contributed by atoms with Crippen LogP contribution in [0.3, 0.4) is 0 Å². The molecule has 2 aliphatic heterocycles. The van der Waals surface area contributed by atoms with E-state index < -0.39 is 21.9 Å². The van der Waals surface area contributed by atoms with E-state index in [9.17, 15) is 18.0 Å². The fourth-order valence-electron chi connectivity index (χ4n) is 3.51. The second-order valence-corrected chi connectivity index (χ2v) is 9.38. The molecule has 0 unspecified atom stereocenters. The summed E-state index contributed by atoms with van der Waals surface area (Å²) in [6.45, 7) is 3.24. The molecule has 2 fully saturated rings. The van der Waals surface area contributed by atoms with Crippen LogP contribution in [-0.4, -0.2) is 73.8 Å². The van der Waals surface area contributed by atoms with E-state index in [-0.39, 0.29) is 23.3 Å². The minimum atomic E-state index is -3.10. The number of nitriles is 1. The van der Waals surface area contributed by atoms with E-state index in [1.54, 1.807) is 41.0 Å². The number of hydrogen-bond acceptors (Lipinski definition) is 6. The van der Waals surface area contributed by atoms with Crippen molar-refractivity contribution in [1.29, 1.82) is 5.26 Å². The lowest BCUT2D eigenvalue weighted by Gasteiger charge is -2.36. The van der Waals surface area contributed by atoms with Gasteiger partial charge in [-0.25, -0.2) is 8.42 Å². The minimum Gasteiger partial charge on any atom is -0.481 e. The Kier molecular flexibility index (Phi) is 5.89. The third-order valence-electron chi connectivity index (χ3n) is 5.13. The fraction of sp³-hybridized carbons (Fsp3) is 0.526. The number of ether oxygens (including phenoxy) is 1. The number of carbonyl (C=O) groups excluding carboxylic acids is 2. The number of nitrogens with zero attached hydrogens (tertiary/aromatic N) is 3. The maximum absolute atomic E-state index is 12.6. The number of amides is 2. The first kappa shape index (κ1) is 20.1. The lowest BCUT2D eigenvalue weighted by Crippen LogP contribution is -2.54. The van der Waals surface area contributed by atoms with E-state index in [0.717, 1.165) is 0 Å². The van der Waals surface area contributed by atoms with Crippen LogP contribution in [0.5, 0.6) is 5.75 Å². The summed E-state index contributed by atoms with van der Waals surface area (Å²) in [7, 11) is -3.10. The van der Waals surface area contributed by atoms with Gasteiger partial charge >= 0.3 is 0 Å². The summed E-state index contributed by atoms with van der Waals surface area (Å²) < 4.78 is 28.8. The van der Waals surface area contributed by atoms with E-state index >= 15 is 0 Å². The fourth-order valence-corrected chi connectivity index (χ4v) is 5.25. The Morgan fingerprint density at radius 1 is 1.14 bits per heavy atom. The van der Waals surface area contributed by atoms with Crippen LogP contribution in [0.15, 0.2) is 24.3 Å². The van der Waals surface area contributed by atoms with Crippen molar-refractivity contribution >= 4 is 21.7 Å². The van der Waals surface area contributed by atoms with Gasteiger partial charge in [0.1, 0.15) is 5.75 Å². The molecule has 3 rings (SSSR count). The van der Waals surface area contributed by atoms with E-state index in [4.69, 9.17) is 10.00 Å². The second kappa shape index (κ2) is 8.19. The van der Waals surface area contributed by atoms with Crippen LogP contribution in [0.25, 0.3) is 0 Å². The Balaban J connectivity index is 1.50. The largest absolute Gasteiger partial charge is 0.481 e. The molecule has 0 aliphatic carbocycles. The Morgan fingerprint density at radius 3 is 2.29 bits per heavy atom. The lowest BCUT2D eigenvalue weighted by atomic mass is 10.1. The van der Waals surface area contributed by atoms with E-state index in [2.05, 4.69) is 0 Å². The molecule has 0 aromatic heterocycles. The molecule has 150 valence electrons. The summed E-state index contributed by atoms with van der Waals surface area (Å²) in [5.74, 6) is -0.232. The predicted octanol–water partition coefficient (Wildman–Crippen LogP) is 0.431.